The first-order valence-corrected chi connectivity index (χ1v) is 7.32. The van der Waals surface area contributed by atoms with Crippen LogP contribution < -0.4 is 0 Å². The van der Waals surface area contributed by atoms with E-state index in [1.165, 1.54) is 7.11 Å². The van der Waals surface area contributed by atoms with E-state index in [9.17, 15) is 18.0 Å². The second kappa shape index (κ2) is 13.7. The highest BCUT2D eigenvalue weighted by atomic mass is 32.2. The predicted molar refractivity (Wildman–Crippen MR) is 77.6 cm³/mol. The maximum absolute atomic E-state index is 12.0. The summed E-state index contributed by atoms with van der Waals surface area (Å²) in [5, 5.41) is -0.516. The Morgan fingerprint density at radius 2 is 1.90 bits per heavy atom. The number of thioether (sulfide) groups is 1. The van der Waals surface area contributed by atoms with E-state index in [-0.39, 0.29) is 5.75 Å². The topological polar surface area (TPSA) is 60.4 Å². The van der Waals surface area contributed by atoms with E-state index < -0.39 is 23.8 Å². The van der Waals surface area contributed by atoms with Crippen LogP contribution >= 0.6 is 11.8 Å². The minimum absolute atomic E-state index is 0.117. The molecule has 0 aliphatic rings. The van der Waals surface area contributed by atoms with Gasteiger partial charge in [0.15, 0.2) is 0 Å². The summed E-state index contributed by atoms with van der Waals surface area (Å²) in [5.41, 5.74) is 0. The van der Waals surface area contributed by atoms with Crippen molar-refractivity contribution < 1.29 is 22.7 Å². The van der Waals surface area contributed by atoms with E-state index in [0.29, 0.717) is 12.8 Å². The lowest BCUT2D eigenvalue weighted by Gasteiger charge is -2.14. The second-order valence-corrected chi connectivity index (χ2v) is 5.36. The van der Waals surface area contributed by atoms with Crippen molar-refractivity contribution in [1.82, 2.24) is 0 Å². The Balaban J connectivity index is 0. The SMILES string of the molecule is C#CCCCCCC(SCCC(F)(F)F)C(=O)OC.O=O. The van der Waals surface area contributed by atoms with Gasteiger partial charge in [-0.2, -0.15) is 13.2 Å². The zero-order valence-corrected chi connectivity index (χ0v) is 12.6. The molecular formula is C13H19F3O4S. The Kier molecular flexibility index (Phi) is 14.4. The Labute approximate surface area is 126 Å². The molecule has 0 N–H and O–H groups in total. The second-order valence-electron chi connectivity index (χ2n) is 4.05. The zero-order valence-electron chi connectivity index (χ0n) is 11.8. The van der Waals surface area contributed by atoms with E-state index in [4.69, 9.17) is 16.4 Å². The Morgan fingerprint density at radius 3 is 2.38 bits per heavy atom. The number of unbranched alkanes of at least 4 members (excludes halogenated alkanes) is 3. The third-order valence-electron chi connectivity index (χ3n) is 2.46. The van der Waals surface area contributed by atoms with Gasteiger partial charge in [-0.1, -0.05) is 12.8 Å². The molecule has 0 aliphatic carbocycles. The summed E-state index contributed by atoms with van der Waals surface area (Å²) < 4.78 is 40.7. The number of terminal acetylenes is 1. The van der Waals surface area contributed by atoms with Gasteiger partial charge in [0.05, 0.1) is 13.5 Å². The van der Waals surface area contributed by atoms with Crippen LogP contribution in [-0.4, -0.2) is 30.3 Å². The number of hydrogen-bond acceptors (Lipinski definition) is 5. The van der Waals surface area contributed by atoms with E-state index >= 15 is 0 Å². The van der Waals surface area contributed by atoms with Crippen LogP contribution in [0.25, 0.3) is 0 Å². The third-order valence-corrected chi connectivity index (χ3v) is 3.73. The van der Waals surface area contributed by atoms with Gasteiger partial charge in [0.1, 0.15) is 5.25 Å². The summed E-state index contributed by atoms with van der Waals surface area (Å²) in [5.74, 6) is 1.95. The molecule has 0 amide bonds. The number of ether oxygens (including phenoxy) is 1. The van der Waals surface area contributed by atoms with Crippen molar-refractivity contribution in [2.75, 3.05) is 12.9 Å². The maximum atomic E-state index is 12.0. The highest BCUT2D eigenvalue weighted by Gasteiger charge is 2.28. The molecule has 4 nitrogen and oxygen atoms in total. The van der Waals surface area contributed by atoms with Crippen LogP contribution in [-0.2, 0) is 9.53 Å². The van der Waals surface area contributed by atoms with Crippen molar-refractivity contribution in [1.29, 1.82) is 0 Å². The molecule has 1 unspecified atom stereocenters. The maximum Gasteiger partial charge on any atom is 0.389 e. The van der Waals surface area contributed by atoms with E-state index in [2.05, 4.69) is 10.7 Å². The van der Waals surface area contributed by atoms with Crippen molar-refractivity contribution in [3.8, 4) is 12.3 Å². The summed E-state index contributed by atoms with van der Waals surface area (Å²) in [4.78, 5) is 25.4. The molecule has 0 aromatic heterocycles. The van der Waals surface area contributed by atoms with Crippen LogP contribution in [0.1, 0.15) is 38.5 Å². The van der Waals surface area contributed by atoms with Gasteiger partial charge < -0.3 is 4.74 Å². The Morgan fingerprint density at radius 1 is 1.29 bits per heavy atom. The number of carbonyl (C=O) groups is 1. The minimum Gasteiger partial charge on any atom is -0.468 e. The predicted octanol–water partition coefficient (Wildman–Crippen LogP) is 3.86. The summed E-state index contributed by atoms with van der Waals surface area (Å²) in [6, 6.07) is 0. The monoisotopic (exact) mass is 328 g/mol. The first kappa shape index (κ1) is 22.1. The Hall–Kier alpha value is -1.23. The molecule has 8 heteroatoms. The molecule has 0 saturated carbocycles. The van der Waals surface area contributed by atoms with Gasteiger partial charge in [0.2, 0.25) is 0 Å². The van der Waals surface area contributed by atoms with Crippen LogP contribution in [0, 0.1) is 22.3 Å². The number of alkyl halides is 3. The van der Waals surface area contributed by atoms with Gasteiger partial charge in [0.25, 0.3) is 0 Å². The standard InChI is InChI=1S/C13H19F3O2S.O2/c1-3-4-5-6-7-8-11(12(17)18-2)19-10-9-13(14,15)16;1-2/h1,11H,4-10H2,2H3;. The molecule has 0 bridgehead atoms. The zero-order chi connectivity index (χ0) is 16.7. The number of rotatable bonds is 9. The molecular weight excluding hydrogens is 309 g/mol. The lowest BCUT2D eigenvalue weighted by Crippen LogP contribution is -2.20. The fourth-order valence-corrected chi connectivity index (χ4v) is 2.65. The van der Waals surface area contributed by atoms with E-state index in [0.717, 1.165) is 31.0 Å². The van der Waals surface area contributed by atoms with Crippen molar-refractivity contribution >= 4 is 17.7 Å². The summed E-state index contributed by atoms with van der Waals surface area (Å²) in [6.07, 6.45) is 3.77. The van der Waals surface area contributed by atoms with Crippen LogP contribution in [0.15, 0.2) is 0 Å². The normalized spacial score (nSPS) is 11.8. The van der Waals surface area contributed by atoms with E-state index in [1.54, 1.807) is 0 Å². The highest BCUT2D eigenvalue weighted by molar-refractivity contribution is 8.00. The summed E-state index contributed by atoms with van der Waals surface area (Å²) in [6.45, 7) is 0. The number of methoxy groups -OCH3 is 1. The van der Waals surface area contributed by atoms with Crippen LogP contribution in [0.2, 0.25) is 0 Å². The van der Waals surface area contributed by atoms with Gasteiger partial charge in [-0.25, -0.2) is 0 Å². The average Bonchev–Trinajstić information content (AvgIpc) is 2.45. The summed E-state index contributed by atoms with van der Waals surface area (Å²) in [7, 11) is 1.25. The van der Waals surface area contributed by atoms with Gasteiger partial charge in [0, 0.05) is 22.1 Å². The first-order chi connectivity index (χ1) is 9.90. The van der Waals surface area contributed by atoms with Crippen LogP contribution in [0.3, 0.4) is 0 Å². The quantitative estimate of drug-likeness (QED) is 0.365. The fraction of sp³-hybridized carbons (Fsp3) is 0.769. The van der Waals surface area contributed by atoms with Gasteiger partial charge in [-0.3, -0.25) is 4.79 Å². The highest BCUT2D eigenvalue weighted by Crippen LogP contribution is 2.26. The molecule has 0 saturated heterocycles. The largest absolute Gasteiger partial charge is 0.468 e. The lowest BCUT2D eigenvalue weighted by molar-refractivity contribution is -0.140. The smallest absolute Gasteiger partial charge is 0.389 e. The Bertz CT molecular complexity index is 316. The van der Waals surface area contributed by atoms with Crippen LogP contribution in [0.5, 0.6) is 0 Å². The third kappa shape index (κ3) is 15.0. The number of hydrogen-bond donors (Lipinski definition) is 0. The number of carbonyl (C=O) groups excluding carboxylic acids is 1. The average molecular weight is 328 g/mol. The van der Waals surface area contributed by atoms with Crippen LogP contribution in [0.4, 0.5) is 13.2 Å². The van der Waals surface area contributed by atoms with E-state index in [1.807, 2.05) is 0 Å². The molecule has 21 heavy (non-hydrogen) atoms. The molecule has 122 valence electrons. The molecule has 0 aromatic rings. The first-order valence-electron chi connectivity index (χ1n) is 6.27. The molecule has 0 spiro atoms. The van der Waals surface area contributed by atoms with Crippen molar-refractivity contribution in [3.63, 3.8) is 0 Å². The summed E-state index contributed by atoms with van der Waals surface area (Å²) >= 11 is 1.01. The molecule has 1 atom stereocenters. The van der Waals surface area contributed by atoms with Crippen molar-refractivity contribution in [3.05, 3.63) is 9.93 Å². The molecule has 0 heterocycles. The fourth-order valence-electron chi connectivity index (χ4n) is 1.45. The number of esters is 1. The van der Waals surface area contributed by atoms with Crippen molar-refractivity contribution in [2.45, 2.75) is 50.0 Å². The molecule has 0 aliphatic heterocycles. The minimum atomic E-state index is -4.18. The molecule has 0 radical (unpaired) electrons. The van der Waals surface area contributed by atoms with Gasteiger partial charge in [-0.05, 0) is 12.8 Å². The lowest BCUT2D eigenvalue weighted by atomic mass is 10.1. The molecule has 0 aromatic carbocycles. The molecule has 0 rings (SSSR count). The number of halogens is 3. The molecule has 0 fully saturated rings. The van der Waals surface area contributed by atoms with Gasteiger partial charge >= 0.3 is 12.1 Å². The van der Waals surface area contributed by atoms with Gasteiger partial charge in [-0.15, -0.1) is 24.1 Å². The van der Waals surface area contributed by atoms with Crippen molar-refractivity contribution in [2.24, 2.45) is 0 Å².